The van der Waals surface area contributed by atoms with E-state index in [0.29, 0.717) is 37.2 Å². The second-order valence-corrected chi connectivity index (χ2v) is 10.9. The summed E-state index contributed by atoms with van der Waals surface area (Å²) in [7, 11) is 0. The third-order valence-corrected chi connectivity index (χ3v) is 8.26. The first kappa shape index (κ1) is 29.4. The van der Waals surface area contributed by atoms with Crippen LogP contribution in [0, 0.1) is 29.2 Å². The summed E-state index contributed by atoms with van der Waals surface area (Å²) in [5.41, 5.74) is 0.913. The van der Waals surface area contributed by atoms with Gasteiger partial charge in [0.15, 0.2) is 17.4 Å². The average Bonchev–Trinajstić information content (AvgIpc) is 2.86. The molecule has 1 nitrogen and oxygen atoms in total. The molecule has 2 aromatic carbocycles. The number of hydrogen-bond acceptors (Lipinski definition) is 1. The summed E-state index contributed by atoms with van der Waals surface area (Å²) in [5, 5.41) is 0. The fraction of sp³-hybridized carbons (Fsp3) is 0.533. The lowest BCUT2D eigenvalue weighted by molar-refractivity contribution is -0.137. The molecule has 2 aliphatic rings. The first-order valence-electron chi connectivity index (χ1n) is 13.6. The summed E-state index contributed by atoms with van der Waals surface area (Å²) in [4.78, 5) is 0. The van der Waals surface area contributed by atoms with E-state index in [1.807, 2.05) is 0 Å². The maximum Gasteiger partial charge on any atom is 0.425 e. The Morgan fingerprint density at radius 1 is 0.744 bits per heavy atom. The highest BCUT2D eigenvalue weighted by molar-refractivity contribution is 5.35. The highest BCUT2D eigenvalue weighted by Crippen LogP contribution is 2.45. The van der Waals surface area contributed by atoms with Gasteiger partial charge in [-0.2, -0.15) is 17.6 Å². The van der Waals surface area contributed by atoms with Crippen LogP contribution in [0.2, 0.25) is 0 Å². The van der Waals surface area contributed by atoms with Crippen molar-refractivity contribution in [1.82, 2.24) is 0 Å². The van der Waals surface area contributed by atoms with E-state index in [1.54, 1.807) is 0 Å². The van der Waals surface area contributed by atoms with Crippen LogP contribution in [0.4, 0.5) is 35.1 Å². The molecule has 0 aliphatic heterocycles. The molecule has 0 N–H and O–H groups in total. The van der Waals surface area contributed by atoms with Gasteiger partial charge in [-0.05, 0) is 110 Å². The maximum atomic E-state index is 15.2. The van der Waals surface area contributed by atoms with Crippen molar-refractivity contribution >= 4 is 0 Å². The minimum absolute atomic E-state index is 0.0355. The topological polar surface area (TPSA) is 9.23 Å². The summed E-state index contributed by atoms with van der Waals surface area (Å²) in [5.74, 6) is -5.42. The number of benzene rings is 2. The lowest BCUT2D eigenvalue weighted by atomic mass is 9.74. The Bertz CT molecular complexity index is 1130. The molecule has 39 heavy (non-hydrogen) atoms. The Labute approximate surface area is 223 Å². The Morgan fingerprint density at radius 2 is 1.18 bits per heavy atom. The smallest absolute Gasteiger partial charge is 0.423 e. The Hall–Kier alpha value is -2.58. The van der Waals surface area contributed by atoms with E-state index >= 15 is 8.78 Å². The predicted octanol–water partition coefficient (Wildman–Crippen LogP) is 10.5. The largest absolute Gasteiger partial charge is 0.425 e. The molecule has 4 rings (SSSR count). The number of halogens is 8. The highest BCUT2D eigenvalue weighted by Gasteiger charge is 2.34. The quantitative estimate of drug-likeness (QED) is 0.292. The van der Waals surface area contributed by atoms with Gasteiger partial charge in [-0.3, -0.25) is 0 Å². The molecule has 2 aromatic rings. The van der Waals surface area contributed by atoms with E-state index in [9.17, 15) is 26.3 Å². The average molecular weight is 561 g/mol. The molecular weight excluding hydrogens is 528 g/mol. The summed E-state index contributed by atoms with van der Waals surface area (Å²) < 4.78 is 114. The van der Waals surface area contributed by atoms with Gasteiger partial charge in [0.05, 0.1) is 6.08 Å². The molecule has 0 amide bonds. The lowest BCUT2D eigenvalue weighted by Crippen LogP contribution is -2.23. The van der Waals surface area contributed by atoms with Crippen molar-refractivity contribution in [2.45, 2.75) is 95.0 Å². The van der Waals surface area contributed by atoms with Crippen LogP contribution < -0.4 is 4.74 Å². The second-order valence-electron chi connectivity index (χ2n) is 10.9. The minimum atomic E-state index is -4.60. The zero-order chi connectivity index (χ0) is 28.3. The van der Waals surface area contributed by atoms with Gasteiger partial charge >= 0.3 is 6.11 Å². The van der Waals surface area contributed by atoms with Crippen molar-refractivity contribution in [2.24, 2.45) is 5.92 Å². The summed E-state index contributed by atoms with van der Waals surface area (Å²) in [6, 6.07) is 4.58. The van der Waals surface area contributed by atoms with Crippen LogP contribution in [-0.2, 0) is 0 Å². The molecule has 0 radical (unpaired) electrons. The predicted molar refractivity (Wildman–Crippen MR) is 132 cm³/mol. The zero-order valence-corrected chi connectivity index (χ0v) is 21.7. The second kappa shape index (κ2) is 12.3. The van der Waals surface area contributed by atoms with E-state index in [0.717, 1.165) is 44.2 Å². The fourth-order valence-electron chi connectivity index (χ4n) is 6.34. The SMILES string of the molecule is CCCC1CCC(c2cc(F)c(C3CCC(c4cc(F)c(OC(F)(F)C=C(F)F)c(F)c4)CC3)c(F)c2)CC1. The Balaban J connectivity index is 1.41. The van der Waals surface area contributed by atoms with E-state index in [-0.39, 0.29) is 23.0 Å². The molecule has 0 unspecified atom stereocenters. The normalized spacial score (nSPS) is 23.9. The highest BCUT2D eigenvalue weighted by atomic mass is 19.3. The van der Waals surface area contributed by atoms with Gasteiger partial charge in [0.1, 0.15) is 11.6 Å². The molecule has 9 heteroatoms. The van der Waals surface area contributed by atoms with Gasteiger partial charge in [0.2, 0.25) is 0 Å². The third kappa shape index (κ3) is 7.14. The number of alkyl halides is 2. The van der Waals surface area contributed by atoms with E-state index in [1.165, 1.54) is 18.6 Å². The van der Waals surface area contributed by atoms with Gasteiger partial charge < -0.3 is 4.74 Å². The van der Waals surface area contributed by atoms with Crippen LogP contribution in [0.15, 0.2) is 36.4 Å². The van der Waals surface area contributed by atoms with Crippen LogP contribution in [0.1, 0.15) is 106 Å². The summed E-state index contributed by atoms with van der Waals surface area (Å²) >= 11 is 0. The van der Waals surface area contributed by atoms with Gasteiger partial charge in [0, 0.05) is 5.56 Å². The molecule has 2 aliphatic carbocycles. The van der Waals surface area contributed by atoms with Gasteiger partial charge in [-0.15, -0.1) is 0 Å². The number of ether oxygens (including phenoxy) is 1. The Kier molecular flexibility index (Phi) is 9.27. The van der Waals surface area contributed by atoms with Crippen molar-refractivity contribution in [3.05, 3.63) is 76.4 Å². The lowest BCUT2D eigenvalue weighted by Gasteiger charge is -2.31. The Morgan fingerprint density at radius 3 is 1.64 bits per heavy atom. The van der Waals surface area contributed by atoms with Crippen molar-refractivity contribution in [1.29, 1.82) is 0 Å². The van der Waals surface area contributed by atoms with Crippen LogP contribution in [-0.4, -0.2) is 6.11 Å². The molecule has 0 heterocycles. The van der Waals surface area contributed by atoms with Crippen LogP contribution in [0.3, 0.4) is 0 Å². The first-order chi connectivity index (χ1) is 18.5. The van der Waals surface area contributed by atoms with Crippen LogP contribution in [0.5, 0.6) is 5.75 Å². The molecular formula is C30H32F8O. The molecule has 0 atom stereocenters. The van der Waals surface area contributed by atoms with Crippen molar-refractivity contribution in [2.75, 3.05) is 0 Å². The number of hydrogen-bond donors (Lipinski definition) is 0. The van der Waals surface area contributed by atoms with E-state index in [2.05, 4.69) is 11.7 Å². The van der Waals surface area contributed by atoms with Crippen molar-refractivity contribution in [3.8, 4) is 5.75 Å². The van der Waals surface area contributed by atoms with Gasteiger partial charge in [0.25, 0.3) is 6.08 Å². The van der Waals surface area contributed by atoms with Crippen molar-refractivity contribution in [3.63, 3.8) is 0 Å². The number of rotatable bonds is 8. The first-order valence-corrected chi connectivity index (χ1v) is 13.6. The molecule has 2 fully saturated rings. The molecule has 0 saturated heterocycles. The monoisotopic (exact) mass is 560 g/mol. The maximum absolute atomic E-state index is 15.2. The molecule has 2 saturated carbocycles. The zero-order valence-electron chi connectivity index (χ0n) is 21.7. The fourth-order valence-corrected chi connectivity index (χ4v) is 6.34. The van der Waals surface area contributed by atoms with Crippen LogP contribution >= 0.6 is 0 Å². The minimum Gasteiger partial charge on any atom is -0.423 e. The van der Waals surface area contributed by atoms with E-state index < -0.39 is 53.2 Å². The molecule has 214 valence electrons. The molecule has 0 aromatic heterocycles. The molecule has 0 spiro atoms. The van der Waals surface area contributed by atoms with Crippen molar-refractivity contribution < 1.29 is 39.9 Å². The van der Waals surface area contributed by atoms with Gasteiger partial charge in [-0.1, -0.05) is 19.8 Å². The van der Waals surface area contributed by atoms with Gasteiger partial charge in [-0.25, -0.2) is 17.6 Å². The molecule has 0 bridgehead atoms. The standard InChI is InChI=1S/C30H32F8O/c1-2-3-17-4-6-18(7-5-17)21-12-23(31)28(24(32)13-21)20-10-8-19(9-11-20)22-14-25(33)29(26(34)15-22)39-30(37,38)16-27(35)36/h12-20H,2-11H2,1H3. The van der Waals surface area contributed by atoms with Crippen LogP contribution in [0.25, 0.3) is 0 Å². The third-order valence-electron chi connectivity index (χ3n) is 8.26. The summed E-state index contributed by atoms with van der Waals surface area (Å²) in [6.07, 6.45) is -0.403. The van der Waals surface area contributed by atoms with E-state index in [4.69, 9.17) is 0 Å². The summed E-state index contributed by atoms with van der Waals surface area (Å²) in [6.45, 7) is 2.16.